The molecular weight excluding hydrogens is 885 g/mol. The highest BCUT2D eigenvalue weighted by Gasteiger charge is 2.30. The summed E-state index contributed by atoms with van der Waals surface area (Å²) in [4.78, 5) is 29.0. The number of carbonyl (C=O) groups excluding carboxylic acids is 2. The number of fused-ring (bicyclic) bond motifs is 2. The molecule has 1 atom stereocenters. The molecule has 0 radical (unpaired) electrons. The number of piperazine rings is 1. The number of aromatic hydroxyl groups is 1. The highest BCUT2D eigenvalue weighted by molar-refractivity contribution is 7.90. The van der Waals surface area contributed by atoms with Crippen LogP contribution in [0.15, 0.2) is 138 Å². The van der Waals surface area contributed by atoms with Gasteiger partial charge in [-0.3, -0.25) is 19.8 Å². The minimum Gasteiger partial charge on any atom is -0.494 e. The number of imide groups is 1. The van der Waals surface area contributed by atoms with E-state index in [0.717, 1.165) is 77.0 Å². The SMILES string of the molecule is CS(=O)(=O)c1ccc(-c2ccc3cc(OCc4ccccc4)ccc3c2Oc2ccc(OCCOCCOCCN3CCN(c4ccc5cn(C6CCC(=O)NC6=O)c(O)c5c4)CC3)cc2)cc1. The minimum atomic E-state index is -3.35. The molecule has 0 bridgehead atoms. The molecule has 15 heteroatoms. The van der Waals surface area contributed by atoms with Gasteiger partial charge in [0.05, 0.1) is 31.3 Å². The number of benzene rings is 6. The molecule has 9 rings (SSSR count). The Kier molecular flexibility index (Phi) is 14.2. The van der Waals surface area contributed by atoms with E-state index in [4.69, 9.17) is 23.7 Å². The van der Waals surface area contributed by atoms with Crippen LogP contribution in [0.4, 0.5) is 5.69 Å². The summed E-state index contributed by atoms with van der Waals surface area (Å²) in [6.45, 7) is 7.00. The first-order valence-electron chi connectivity index (χ1n) is 22.8. The van der Waals surface area contributed by atoms with Crippen LogP contribution < -0.4 is 24.4 Å². The Bertz CT molecular complexity index is 2990. The van der Waals surface area contributed by atoms with Crippen molar-refractivity contribution in [2.75, 3.05) is 76.9 Å². The molecule has 14 nitrogen and oxygen atoms in total. The third-order valence-electron chi connectivity index (χ3n) is 12.3. The van der Waals surface area contributed by atoms with E-state index in [-0.39, 0.29) is 23.1 Å². The second-order valence-electron chi connectivity index (χ2n) is 17.0. The van der Waals surface area contributed by atoms with Gasteiger partial charge >= 0.3 is 0 Å². The second kappa shape index (κ2) is 20.9. The van der Waals surface area contributed by atoms with Crippen molar-refractivity contribution in [3.8, 4) is 40.0 Å². The number of amides is 2. The molecule has 1 unspecified atom stereocenters. The maximum Gasteiger partial charge on any atom is 0.249 e. The van der Waals surface area contributed by atoms with E-state index < -0.39 is 21.8 Å². The Labute approximate surface area is 395 Å². The van der Waals surface area contributed by atoms with Crippen molar-refractivity contribution in [3.63, 3.8) is 0 Å². The van der Waals surface area contributed by atoms with Gasteiger partial charge < -0.3 is 38.3 Å². The van der Waals surface area contributed by atoms with Crippen LogP contribution in [0.25, 0.3) is 32.7 Å². The fourth-order valence-corrected chi connectivity index (χ4v) is 9.23. The monoisotopic (exact) mass is 938 g/mol. The van der Waals surface area contributed by atoms with Crippen molar-refractivity contribution in [2.45, 2.75) is 30.4 Å². The Balaban J connectivity index is 0.708. The lowest BCUT2D eigenvalue weighted by Crippen LogP contribution is -2.47. The van der Waals surface area contributed by atoms with Crippen molar-refractivity contribution in [1.82, 2.24) is 14.8 Å². The number of piperidine rings is 1. The maximum absolute atomic E-state index is 12.4. The molecule has 6 aromatic carbocycles. The summed E-state index contributed by atoms with van der Waals surface area (Å²) in [6.07, 6.45) is 3.58. The largest absolute Gasteiger partial charge is 0.494 e. The summed E-state index contributed by atoms with van der Waals surface area (Å²) >= 11 is 0. The van der Waals surface area contributed by atoms with E-state index in [2.05, 4.69) is 15.1 Å². The zero-order valence-electron chi connectivity index (χ0n) is 37.8. The fourth-order valence-electron chi connectivity index (χ4n) is 8.60. The third-order valence-corrected chi connectivity index (χ3v) is 13.5. The van der Waals surface area contributed by atoms with Crippen molar-refractivity contribution in [3.05, 3.63) is 139 Å². The number of aromatic nitrogens is 1. The van der Waals surface area contributed by atoms with Gasteiger partial charge in [0.2, 0.25) is 11.8 Å². The molecule has 1 aromatic heterocycles. The number of hydrogen-bond donors (Lipinski definition) is 2. The Morgan fingerprint density at radius 2 is 1.40 bits per heavy atom. The van der Waals surface area contributed by atoms with E-state index in [9.17, 15) is 23.1 Å². The van der Waals surface area contributed by atoms with E-state index in [0.29, 0.717) is 68.7 Å². The Hall–Kier alpha value is -6.91. The fraction of sp³-hybridized carbons (Fsp3) is 0.283. The topological polar surface area (TPSA) is 158 Å². The van der Waals surface area contributed by atoms with Crippen LogP contribution in [0.5, 0.6) is 28.9 Å². The number of nitrogens with zero attached hydrogens (tertiary/aromatic N) is 3. The number of carbonyl (C=O) groups is 2. The number of hydrogen-bond acceptors (Lipinski definition) is 12. The van der Waals surface area contributed by atoms with Gasteiger partial charge in [-0.15, -0.1) is 0 Å². The molecular formula is C53H54N4O10S. The molecule has 2 fully saturated rings. The van der Waals surface area contributed by atoms with Crippen molar-refractivity contribution in [1.29, 1.82) is 0 Å². The molecule has 7 aromatic rings. The first-order valence-corrected chi connectivity index (χ1v) is 24.7. The van der Waals surface area contributed by atoms with Gasteiger partial charge in [0.15, 0.2) is 15.7 Å². The molecule has 2 N–H and O–H groups in total. The predicted molar refractivity (Wildman–Crippen MR) is 261 cm³/mol. The summed E-state index contributed by atoms with van der Waals surface area (Å²) in [7, 11) is -3.35. The summed E-state index contributed by atoms with van der Waals surface area (Å²) in [6, 6.07) is 39.5. The molecule has 2 amide bonds. The number of ether oxygens (including phenoxy) is 5. The lowest BCUT2D eigenvalue weighted by atomic mass is 9.99. The molecule has 2 aliphatic rings. The average Bonchev–Trinajstić information content (AvgIpc) is 3.68. The lowest BCUT2D eigenvalue weighted by Gasteiger charge is -2.36. The van der Waals surface area contributed by atoms with Crippen LogP contribution >= 0.6 is 0 Å². The Morgan fingerprint density at radius 3 is 2.15 bits per heavy atom. The number of anilines is 1. The van der Waals surface area contributed by atoms with Gasteiger partial charge in [-0.1, -0.05) is 54.6 Å². The van der Waals surface area contributed by atoms with E-state index >= 15 is 0 Å². The first kappa shape index (κ1) is 46.2. The summed E-state index contributed by atoms with van der Waals surface area (Å²) < 4.78 is 56.3. The van der Waals surface area contributed by atoms with Gasteiger partial charge in [-0.25, -0.2) is 8.42 Å². The molecule has 68 heavy (non-hydrogen) atoms. The minimum absolute atomic E-state index is 0.0374. The third kappa shape index (κ3) is 11.1. The van der Waals surface area contributed by atoms with Crippen LogP contribution in [0.1, 0.15) is 24.4 Å². The molecule has 2 aliphatic heterocycles. The van der Waals surface area contributed by atoms with E-state index in [1.54, 1.807) is 35.0 Å². The zero-order chi connectivity index (χ0) is 47.0. The highest BCUT2D eigenvalue weighted by Crippen LogP contribution is 2.41. The average molecular weight is 939 g/mol. The van der Waals surface area contributed by atoms with E-state index in [1.165, 1.54) is 6.26 Å². The second-order valence-corrected chi connectivity index (χ2v) is 19.0. The predicted octanol–water partition coefficient (Wildman–Crippen LogP) is 8.15. The van der Waals surface area contributed by atoms with Crippen molar-refractivity contribution in [2.24, 2.45) is 0 Å². The normalized spacial score (nSPS) is 15.7. The van der Waals surface area contributed by atoms with Gasteiger partial charge in [-0.05, 0) is 95.7 Å². The number of nitrogens with one attached hydrogen (secondary N) is 1. The highest BCUT2D eigenvalue weighted by atomic mass is 32.2. The molecule has 352 valence electrons. The van der Waals surface area contributed by atoms with E-state index in [1.807, 2.05) is 103 Å². The first-order chi connectivity index (χ1) is 33.1. The quantitative estimate of drug-likeness (QED) is 0.0593. The van der Waals surface area contributed by atoms with Crippen molar-refractivity contribution < 1.29 is 46.8 Å². The standard InChI is InChI=1S/C53H54N4O10S/c1-68(61,62)45-17-8-38(9-18-45)46-19-10-39-33-44(66-36-37-5-3-2-4-6-37)16-20-47(39)51(46)67-43-14-12-42(13-15-43)65-32-31-64-30-29-63-28-27-55-23-25-56(26-24-55)41-11-7-40-35-57(53(60)48(40)34-41)49-21-22-50(58)54-52(49)59/h2-20,33-35,49,60H,21-32,36H2,1H3,(H,54,58,59). The number of rotatable bonds is 19. The molecule has 0 aliphatic carbocycles. The lowest BCUT2D eigenvalue weighted by molar-refractivity contribution is -0.135. The van der Waals surface area contributed by atoms with Crippen LogP contribution in [-0.4, -0.2) is 107 Å². The summed E-state index contributed by atoms with van der Waals surface area (Å²) in [5, 5.41) is 16.7. The van der Waals surface area contributed by atoms with Gasteiger partial charge in [0, 0.05) is 79.0 Å². The Morgan fingerprint density at radius 1 is 0.691 bits per heavy atom. The van der Waals surface area contributed by atoms with Crippen LogP contribution in [0.3, 0.4) is 0 Å². The molecule has 0 spiro atoms. The molecule has 0 saturated carbocycles. The van der Waals surface area contributed by atoms with Crippen LogP contribution in [0.2, 0.25) is 0 Å². The van der Waals surface area contributed by atoms with Gasteiger partial charge in [0.1, 0.15) is 42.3 Å². The van der Waals surface area contributed by atoms with Crippen LogP contribution in [0, 0.1) is 0 Å². The zero-order valence-corrected chi connectivity index (χ0v) is 38.7. The van der Waals surface area contributed by atoms with Gasteiger partial charge in [-0.2, -0.15) is 0 Å². The maximum atomic E-state index is 12.4. The smallest absolute Gasteiger partial charge is 0.249 e. The molecule has 3 heterocycles. The van der Waals surface area contributed by atoms with Crippen molar-refractivity contribution >= 4 is 48.9 Å². The summed E-state index contributed by atoms with van der Waals surface area (Å²) in [5.74, 6) is 2.01. The molecule has 2 saturated heterocycles. The van der Waals surface area contributed by atoms with Crippen LogP contribution in [-0.2, 0) is 35.5 Å². The van der Waals surface area contributed by atoms with Gasteiger partial charge in [0.25, 0.3) is 0 Å². The summed E-state index contributed by atoms with van der Waals surface area (Å²) in [5.41, 5.74) is 3.72. The number of sulfone groups is 1.